The van der Waals surface area contributed by atoms with Crippen molar-refractivity contribution >= 4 is 0 Å². The van der Waals surface area contributed by atoms with Gasteiger partial charge in [-0.1, -0.05) is 33.1 Å². The minimum atomic E-state index is 0.131. The van der Waals surface area contributed by atoms with Gasteiger partial charge in [-0.25, -0.2) is 10.4 Å². The molecule has 20 heavy (non-hydrogen) atoms. The van der Waals surface area contributed by atoms with Crippen molar-refractivity contribution in [2.75, 3.05) is 6.54 Å². The highest BCUT2D eigenvalue weighted by Gasteiger charge is 2.43. The summed E-state index contributed by atoms with van der Waals surface area (Å²) in [4.78, 5) is 0. The van der Waals surface area contributed by atoms with E-state index < -0.39 is 0 Å². The summed E-state index contributed by atoms with van der Waals surface area (Å²) in [6, 6.07) is 1.27. The number of hydrazine groups is 1. The van der Waals surface area contributed by atoms with Crippen LogP contribution in [-0.2, 0) is 0 Å². The molecule has 3 N–H and O–H groups in total. The van der Waals surface area contributed by atoms with E-state index in [1.54, 1.807) is 0 Å². The van der Waals surface area contributed by atoms with Crippen molar-refractivity contribution in [3.63, 3.8) is 0 Å². The summed E-state index contributed by atoms with van der Waals surface area (Å²) in [5.74, 6) is 1.42. The average Bonchev–Trinajstić information content (AvgIpc) is 2.43. The van der Waals surface area contributed by atoms with Gasteiger partial charge in [0.1, 0.15) is 0 Å². The third kappa shape index (κ3) is 3.20. The quantitative estimate of drug-likeness (QED) is 0.831. The van der Waals surface area contributed by atoms with Crippen molar-refractivity contribution < 1.29 is 0 Å². The van der Waals surface area contributed by atoms with Gasteiger partial charge in [-0.05, 0) is 51.4 Å². The molecule has 4 atom stereocenters. The van der Waals surface area contributed by atoms with E-state index in [4.69, 9.17) is 5.73 Å². The predicted molar refractivity (Wildman–Crippen MR) is 86.3 cm³/mol. The van der Waals surface area contributed by atoms with Crippen LogP contribution in [0.3, 0.4) is 0 Å². The number of nitrogens with one attached hydrogen (secondary N) is 1. The van der Waals surface area contributed by atoms with Gasteiger partial charge in [0, 0.05) is 24.2 Å². The summed E-state index contributed by atoms with van der Waals surface area (Å²) in [6.45, 7) is 10.2. The molecule has 1 aliphatic heterocycles. The van der Waals surface area contributed by atoms with Gasteiger partial charge in [0.2, 0.25) is 0 Å². The molecule has 2 aliphatic rings. The lowest BCUT2D eigenvalue weighted by molar-refractivity contribution is -0.0393. The van der Waals surface area contributed by atoms with Crippen LogP contribution in [0.25, 0.3) is 0 Å². The molecule has 0 aromatic carbocycles. The topological polar surface area (TPSA) is 41.3 Å². The van der Waals surface area contributed by atoms with Gasteiger partial charge in [-0.15, -0.1) is 0 Å². The zero-order chi connectivity index (χ0) is 14.8. The van der Waals surface area contributed by atoms with Crippen molar-refractivity contribution in [2.45, 2.75) is 90.3 Å². The van der Waals surface area contributed by atoms with Crippen LogP contribution in [0.15, 0.2) is 0 Å². The Morgan fingerprint density at radius 3 is 2.30 bits per heavy atom. The molecule has 0 amide bonds. The fourth-order valence-corrected chi connectivity index (χ4v) is 4.57. The van der Waals surface area contributed by atoms with E-state index in [0.717, 1.165) is 6.54 Å². The Bertz CT molecular complexity index is 295. The van der Waals surface area contributed by atoms with Gasteiger partial charge in [0.15, 0.2) is 0 Å². The molecule has 2 rings (SSSR count). The van der Waals surface area contributed by atoms with Crippen LogP contribution in [0.1, 0.15) is 72.6 Å². The number of hydrogen-bond donors (Lipinski definition) is 2. The Hall–Kier alpha value is -0.120. The molecule has 1 heterocycles. The van der Waals surface area contributed by atoms with Gasteiger partial charge >= 0.3 is 0 Å². The highest BCUT2D eigenvalue weighted by Crippen LogP contribution is 2.39. The Kier molecular flexibility index (Phi) is 5.49. The van der Waals surface area contributed by atoms with E-state index in [-0.39, 0.29) is 5.54 Å². The molecule has 0 aromatic rings. The molecule has 4 unspecified atom stereocenters. The number of hydrogen-bond acceptors (Lipinski definition) is 3. The average molecular weight is 281 g/mol. The standard InChI is InChI=1S/C17H35N3/c1-13(2)16-10-5-6-11-17(16,12-18)19-20-14(3)8-7-9-15(20)4/h13-16,19H,5-12,18H2,1-4H3. The van der Waals surface area contributed by atoms with Crippen molar-refractivity contribution in [3.8, 4) is 0 Å². The first-order valence-corrected chi connectivity index (χ1v) is 8.76. The highest BCUT2D eigenvalue weighted by molar-refractivity contribution is 4.99. The molecule has 3 nitrogen and oxygen atoms in total. The van der Waals surface area contributed by atoms with E-state index in [1.165, 1.54) is 44.9 Å². The largest absolute Gasteiger partial charge is 0.329 e. The Labute approximate surface area is 125 Å². The van der Waals surface area contributed by atoms with E-state index in [9.17, 15) is 0 Å². The van der Waals surface area contributed by atoms with E-state index in [1.807, 2.05) is 0 Å². The smallest absolute Gasteiger partial charge is 0.0478 e. The second-order valence-corrected chi connectivity index (χ2v) is 7.60. The van der Waals surface area contributed by atoms with E-state index in [0.29, 0.717) is 23.9 Å². The fourth-order valence-electron chi connectivity index (χ4n) is 4.57. The number of nitrogens with zero attached hydrogens (tertiary/aromatic N) is 1. The Balaban J connectivity index is 2.16. The van der Waals surface area contributed by atoms with Gasteiger partial charge < -0.3 is 5.73 Å². The van der Waals surface area contributed by atoms with Gasteiger partial charge in [0.05, 0.1) is 0 Å². The number of piperidine rings is 1. The third-order valence-electron chi connectivity index (χ3n) is 5.81. The summed E-state index contributed by atoms with van der Waals surface area (Å²) in [7, 11) is 0. The second kappa shape index (κ2) is 6.76. The maximum Gasteiger partial charge on any atom is 0.0478 e. The minimum absolute atomic E-state index is 0.131. The van der Waals surface area contributed by atoms with Crippen molar-refractivity contribution in [1.29, 1.82) is 0 Å². The first-order chi connectivity index (χ1) is 9.50. The van der Waals surface area contributed by atoms with Gasteiger partial charge in [0.25, 0.3) is 0 Å². The van der Waals surface area contributed by atoms with Crippen LogP contribution in [0.2, 0.25) is 0 Å². The van der Waals surface area contributed by atoms with Gasteiger partial charge in [-0.3, -0.25) is 0 Å². The van der Waals surface area contributed by atoms with E-state index >= 15 is 0 Å². The predicted octanol–water partition coefficient (Wildman–Crippen LogP) is 3.30. The van der Waals surface area contributed by atoms with E-state index in [2.05, 4.69) is 38.1 Å². The monoisotopic (exact) mass is 281 g/mol. The molecule has 3 heteroatoms. The van der Waals surface area contributed by atoms with Crippen LogP contribution >= 0.6 is 0 Å². The zero-order valence-electron chi connectivity index (χ0n) is 14.0. The Morgan fingerprint density at radius 1 is 1.10 bits per heavy atom. The van der Waals surface area contributed by atoms with Crippen LogP contribution in [0, 0.1) is 11.8 Å². The molecule has 0 aromatic heterocycles. The lowest BCUT2D eigenvalue weighted by atomic mass is 9.68. The lowest BCUT2D eigenvalue weighted by Crippen LogP contribution is -2.67. The molecule has 0 spiro atoms. The summed E-state index contributed by atoms with van der Waals surface area (Å²) in [5, 5.41) is 2.54. The fraction of sp³-hybridized carbons (Fsp3) is 1.00. The first kappa shape index (κ1) is 16.3. The second-order valence-electron chi connectivity index (χ2n) is 7.60. The molecule has 0 radical (unpaired) electrons. The summed E-state index contributed by atoms with van der Waals surface area (Å²) < 4.78 is 0. The number of rotatable bonds is 4. The van der Waals surface area contributed by atoms with Crippen LogP contribution in [-0.4, -0.2) is 29.2 Å². The summed E-state index contributed by atoms with van der Waals surface area (Å²) in [6.07, 6.45) is 9.25. The lowest BCUT2D eigenvalue weighted by Gasteiger charge is -2.52. The van der Waals surface area contributed by atoms with Crippen molar-refractivity contribution in [2.24, 2.45) is 17.6 Å². The molecule has 1 saturated carbocycles. The minimum Gasteiger partial charge on any atom is -0.329 e. The van der Waals surface area contributed by atoms with Crippen LogP contribution in [0.4, 0.5) is 0 Å². The highest BCUT2D eigenvalue weighted by atomic mass is 15.6. The normalized spacial score (nSPS) is 40.2. The molecular weight excluding hydrogens is 246 g/mol. The molecule has 1 aliphatic carbocycles. The molecule has 1 saturated heterocycles. The van der Waals surface area contributed by atoms with Crippen LogP contribution < -0.4 is 11.2 Å². The molecule has 0 bridgehead atoms. The molecule has 2 fully saturated rings. The Morgan fingerprint density at radius 2 is 1.75 bits per heavy atom. The van der Waals surface area contributed by atoms with Crippen molar-refractivity contribution in [3.05, 3.63) is 0 Å². The maximum atomic E-state index is 6.29. The maximum absolute atomic E-state index is 6.29. The van der Waals surface area contributed by atoms with Crippen LogP contribution in [0.5, 0.6) is 0 Å². The molecule has 118 valence electrons. The van der Waals surface area contributed by atoms with Crippen molar-refractivity contribution in [1.82, 2.24) is 10.4 Å². The zero-order valence-corrected chi connectivity index (χ0v) is 14.0. The first-order valence-electron chi connectivity index (χ1n) is 8.76. The summed E-state index contributed by atoms with van der Waals surface area (Å²) in [5.41, 5.74) is 10.4. The summed E-state index contributed by atoms with van der Waals surface area (Å²) >= 11 is 0. The number of nitrogens with two attached hydrogens (primary N) is 1. The SMILES string of the molecule is CC(C)C1CCCCC1(CN)NN1C(C)CCCC1C. The third-order valence-corrected chi connectivity index (χ3v) is 5.81. The van der Waals surface area contributed by atoms with Gasteiger partial charge in [-0.2, -0.15) is 0 Å². The molecular formula is C17H35N3.